The normalized spacial score (nSPS) is 55.9. The molecule has 2 N–H and O–H groups in total. The van der Waals surface area contributed by atoms with Crippen LogP contribution in [-0.2, 0) is 0 Å². The van der Waals surface area contributed by atoms with Crippen LogP contribution in [0.25, 0.3) is 0 Å². The summed E-state index contributed by atoms with van der Waals surface area (Å²) >= 11 is 0. The fourth-order valence-corrected chi connectivity index (χ4v) is 5.32. The van der Waals surface area contributed by atoms with E-state index in [1.54, 1.807) is 19.3 Å². The van der Waals surface area contributed by atoms with Gasteiger partial charge in [0.05, 0.1) is 0 Å². The molecule has 2 nitrogen and oxygen atoms in total. The summed E-state index contributed by atoms with van der Waals surface area (Å²) in [6, 6.07) is 1.68. The highest BCUT2D eigenvalue weighted by molar-refractivity contribution is 5.16. The second-order valence-corrected chi connectivity index (χ2v) is 7.17. The van der Waals surface area contributed by atoms with E-state index in [0.29, 0.717) is 0 Å². The van der Waals surface area contributed by atoms with Gasteiger partial charge in [0.25, 0.3) is 0 Å². The molecule has 0 aromatic rings. The summed E-state index contributed by atoms with van der Waals surface area (Å²) in [4.78, 5) is 0. The second-order valence-electron chi connectivity index (χ2n) is 7.17. The molecular weight excluding hydrogens is 208 g/mol. The van der Waals surface area contributed by atoms with Gasteiger partial charge in [-0.1, -0.05) is 0 Å². The van der Waals surface area contributed by atoms with Crippen molar-refractivity contribution in [1.82, 2.24) is 10.6 Å². The van der Waals surface area contributed by atoms with Crippen LogP contribution in [0.3, 0.4) is 0 Å². The molecule has 17 heavy (non-hydrogen) atoms. The number of fused-ring (bicyclic) bond motifs is 5. The van der Waals surface area contributed by atoms with Crippen molar-refractivity contribution in [2.45, 2.75) is 51.1 Å². The van der Waals surface area contributed by atoms with Crippen molar-refractivity contribution in [3.8, 4) is 0 Å². The predicted molar refractivity (Wildman–Crippen MR) is 69.8 cm³/mol. The van der Waals surface area contributed by atoms with Crippen LogP contribution in [0.2, 0.25) is 0 Å². The Labute approximate surface area is 105 Å². The zero-order valence-corrected chi connectivity index (χ0v) is 11.0. The van der Waals surface area contributed by atoms with Crippen molar-refractivity contribution in [3.05, 3.63) is 0 Å². The summed E-state index contributed by atoms with van der Waals surface area (Å²) in [6.07, 6.45) is 7.44. The van der Waals surface area contributed by atoms with Crippen LogP contribution in [0.1, 0.15) is 39.0 Å². The van der Waals surface area contributed by atoms with Gasteiger partial charge in [-0.3, -0.25) is 0 Å². The molecule has 96 valence electrons. The van der Waals surface area contributed by atoms with Crippen molar-refractivity contribution in [3.63, 3.8) is 0 Å². The smallest absolute Gasteiger partial charge is 0.0136 e. The minimum Gasteiger partial charge on any atom is -0.314 e. The van der Waals surface area contributed by atoms with Crippen molar-refractivity contribution < 1.29 is 0 Å². The van der Waals surface area contributed by atoms with Gasteiger partial charge in [0.1, 0.15) is 0 Å². The van der Waals surface area contributed by atoms with E-state index < -0.39 is 0 Å². The van der Waals surface area contributed by atoms with E-state index in [0.717, 1.165) is 41.7 Å². The van der Waals surface area contributed by atoms with Gasteiger partial charge in [0, 0.05) is 12.1 Å². The summed E-state index contributed by atoms with van der Waals surface area (Å²) in [7, 11) is 0. The molecule has 4 aliphatic rings. The summed E-state index contributed by atoms with van der Waals surface area (Å²) in [5.41, 5.74) is 0. The number of nitrogens with one attached hydrogen (secondary N) is 2. The largest absolute Gasteiger partial charge is 0.314 e. The molecule has 2 bridgehead atoms. The van der Waals surface area contributed by atoms with Crippen molar-refractivity contribution >= 4 is 0 Å². The van der Waals surface area contributed by atoms with Gasteiger partial charge in [0.2, 0.25) is 0 Å². The number of piperidine rings is 1. The Hall–Kier alpha value is -0.0800. The van der Waals surface area contributed by atoms with Crippen LogP contribution in [0, 0.1) is 29.6 Å². The van der Waals surface area contributed by atoms with Crippen LogP contribution in [0.15, 0.2) is 0 Å². The highest BCUT2D eigenvalue weighted by atomic mass is 15.0. The van der Waals surface area contributed by atoms with E-state index in [4.69, 9.17) is 0 Å². The zero-order chi connectivity index (χ0) is 11.4. The standard InChI is InChI=1S/C15H26N2/c1-9-6-10(4-5-16-9)8-17-15-13-11-2-3-12(7-11)14(13)15/h9-17H,2-8H2,1H3. The maximum atomic E-state index is 3.92. The van der Waals surface area contributed by atoms with E-state index >= 15 is 0 Å². The lowest BCUT2D eigenvalue weighted by Gasteiger charge is -2.28. The van der Waals surface area contributed by atoms with Crippen LogP contribution >= 0.6 is 0 Å². The highest BCUT2D eigenvalue weighted by Crippen LogP contribution is 2.65. The maximum Gasteiger partial charge on any atom is 0.0136 e. The average Bonchev–Trinajstić information content (AvgIpc) is 2.72. The molecule has 0 radical (unpaired) electrons. The molecule has 4 rings (SSSR count). The SMILES string of the molecule is CC1CC(CNC2C3C4CCC(C4)C23)CCN1. The Kier molecular flexibility index (Phi) is 2.52. The molecule has 0 aromatic heterocycles. The van der Waals surface area contributed by atoms with Gasteiger partial charge in [-0.25, -0.2) is 0 Å². The minimum atomic E-state index is 0.741. The van der Waals surface area contributed by atoms with Crippen molar-refractivity contribution in [2.24, 2.45) is 29.6 Å². The molecule has 1 saturated heterocycles. The Morgan fingerprint density at radius 1 is 1.06 bits per heavy atom. The maximum absolute atomic E-state index is 3.92. The van der Waals surface area contributed by atoms with Crippen LogP contribution in [0.5, 0.6) is 0 Å². The summed E-state index contributed by atoms with van der Waals surface area (Å²) < 4.78 is 0. The van der Waals surface area contributed by atoms with Gasteiger partial charge < -0.3 is 10.6 Å². The molecule has 6 unspecified atom stereocenters. The Morgan fingerprint density at radius 2 is 1.82 bits per heavy atom. The van der Waals surface area contributed by atoms with Crippen LogP contribution in [-0.4, -0.2) is 25.2 Å². The Morgan fingerprint density at radius 3 is 2.53 bits per heavy atom. The third-order valence-electron chi connectivity index (χ3n) is 6.11. The molecular formula is C15H26N2. The van der Waals surface area contributed by atoms with Crippen molar-refractivity contribution in [1.29, 1.82) is 0 Å². The molecule has 2 heteroatoms. The van der Waals surface area contributed by atoms with E-state index in [2.05, 4.69) is 17.6 Å². The van der Waals surface area contributed by atoms with Gasteiger partial charge >= 0.3 is 0 Å². The van der Waals surface area contributed by atoms with Crippen LogP contribution in [0.4, 0.5) is 0 Å². The first kappa shape index (κ1) is 10.8. The first-order valence-electron chi connectivity index (χ1n) is 7.79. The second kappa shape index (κ2) is 3.96. The molecule has 0 aromatic carbocycles. The number of hydrogen-bond donors (Lipinski definition) is 2. The number of hydrogen-bond acceptors (Lipinski definition) is 2. The minimum absolute atomic E-state index is 0.741. The van der Waals surface area contributed by atoms with E-state index in [-0.39, 0.29) is 0 Å². The fourth-order valence-electron chi connectivity index (χ4n) is 5.32. The summed E-state index contributed by atoms with van der Waals surface area (Å²) in [5, 5.41) is 7.47. The lowest BCUT2D eigenvalue weighted by molar-refractivity contribution is 0.297. The molecule has 1 aliphatic heterocycles. The molecule has 4 fully saturated rings. The van der Waals surface area contributed by atoms with E-state index in [1.807, 2.05) is 0 Å². The fraction of sp³-hybridized carbons (Fsp3) is 1.00. The average molecular weight is 234 g/mol. The topological polar surface area (TPSA) is 24.1 Å². The molecule has 3 saturated carbocycles. The quantitative estimate of drug-likeness (QED) is 0.780. The molecule has 0 amide bonds. The van der Waals surface area contributed by atoms with Gasteiger partial charge in [-0.2, -0.15) is 0 Å². The lowest BCUT2D eigenvalue weighted by Crippen LogP contribution is -2.40. The van der Waals surface area contributed by atoms with Gasteiger partial charge in [0.15, 0.2) is 0 Å². The van der Waals surface area contributed by atoms with Crippen LogP contribution < -0.4 is 10.6 Å². The zero-order valence-electron chi connectivity index (χ0n) is 11.0. The predicted octanol–water partition coefficient (Wildman–Crippen LogP) is 2.01. The summed E-state index contributed by atoms with van der Waals surface area (Å²) in [6.45, 7) is 4.86. The Bertz CT molecular complexity index is 287. The first-order chi connectivity index (χ1) is 8.33. The molecule has 3 aliphatic carbocycles. The third kappa shape index (κ3) is 1.76. The lowest BCUT2D eigenvalue weighted by atomic mass is 9.93. The Balaban J connectivity index is 1.27. The molecule has 0 spiro atoms. The highest BCUT2D eigenvalue weighted by Gasteiger charge is 2.64. The molecule has 1 heterocycles. The first-order valence-corrected chi connectivity index (χ1v) is 7.79. The third-order valence-corrected chi connectivity index (χ3v) is 6.11. The monoisotopic (exact) mass is 234 g/mol. The van der Waals surface area contributed by atoms with Gasteiger partial charge in [-0.05, 0) is 81.7 Å². The number of rotatable bonds is 3. The van der Waals surface area contributed by atoms with Gasteiger partial charge in [-0.15, -0.1) is 0 Å². The van der Waals surface area contributed by atoms with Crippen molar-refractivity contribution in [2.75, 3.05) is 13.1 Å². The molecule has 6 atom stereocenters. The summed E-state index contributed by atoms with van der Waals surface area (Å²) in [5.74, 6) is 5.38. The van der Waals surface area contributed by atoms with E-state index in [9.17, 15) is 0 Å². The van der Waals surface area contributed by atoms with E-state index in [1.165, 1.54) is 25.9 Å².